The lowest BCUT2D eigenvalue weighted by Gasteiger charge is -2.43. The molecule has 2 aliphatic rings. The van der Waals surface area contributed by atoms with Crippen molar-refractivity contribution in [2.75, 3.05) is 26.2 Å². The van der Waals surface area contributed by atoms with Crippen LogP contribution in [0.25, 0.3) is 0 Å². The van der Waals surface area contributed by atoms with Gasteiger partial charge in [-0.3, -0.25) is 4.90 Å². The van der Waals surface area contributed by atoms with Gasteiger partial charge in [0.05, 0.1) is 0 Å². The lowest BCUT2D eigenvalue weighted by molar-refractivity contribution is 0.0857. The third-order valence-corrected chi connectivity index (χ3v) is 5.40. The Bertz CT molecular complexity index is 364. The molecule has 0 aromatic carbocycles. The molecule has 1 aliphatic heterocycles. The number of nitrogens with one attached hydrogen (secondary N) is 1. The molecule has 0 spiro atoms. The van der Waals surface area contributed by atoms with Crippen LogP contribution in [0.15, 0.2) is 11.4 Å². The molecule has 17 heavy (non-hydrogen) atoms. The average molecular weight is 250 g/mol. The highest BCUT2D eigenvalue weighted by molar-refractivity contribution is 7.10. The summed E-state index contributed by atoms with van der Waals surface area (Å²) in [6.45, 7) is 7.04. The number of aryl methyl sites for hydroxylation is 1. The molecule has 0 unspecified atom stereocenters. The van der Waals surface area contributed by atoms with Crippen molar-refractivity contribution in [3.8, 4) is 0 Å². The summed E-state index contributed by atoms with van der Waals surface area (Å²) in [7, 11) is 0. The fourth-order valence-corrected chi connectivity index (χ4v) is 4.24. The molecule has 0 amide bonds. The molecule has 1 aromatic rings. The lowest BCUT2D eigenvalue weighted by atomic mass is 9.78. The number of rotatable bonds is 3. The zero-order chi connectivity index (χ0) is 11.7. The maximum atomic E-state index is 3.47. The molecule has 1 saturated carbocycles. The van der Waals surface area contributed by atoms with E-state index in [2.05, 4.69) is 28.6 Å². The SMILES string of the molecule is Cc1ccsc1[C@@H](C1CCC1)N1CCNCC1. The third-order valence-electron chi connectivity index (χ3n) is 4.31. The van der Waals surface area contributed by atoms with Crippen LogP contribution < -0.4 is 5.32 Å². The van der Waals surface area contributed by atoms with Crippen LogP contribution in [0.4, 0.5) is 0 Å². The highest BCUT2D eigenvalue weighted by atomic mass is 32.1. The van der Waals surface area contributed by atoms with Crippen molar-refractivity contribution >= 4 is 11.3 Å². The van der Waals surface area contributed by atoms with Gasteiger partial charge in [0.1, 0.15) is 0 Å². The van der Waals surface area contributed by atoms with E-state index in [1.54, 1.807) is 4.88 Å². The van der Waals surface area contributed by atoms with E-state index in [4.69, 9.17) is 0 Å². The van der Waals surface area contributed by atoms with Gasteiger partial charge in [-0.05, 0) is 42.7 Å². The molecule has 3 rings (SSSR count). The molecule has 1 atom stereocenters. The minimum Gasteiger partial charge on any atom is -0.314 e. The van der Waals surface area contributed by atoms with Gasteiger partial charge in [0, 0.05) is 37.1 Å². The minimum absolute atomic E-state index is 0.714. The first-order chi connectivity index (χ1) is 8.36. The van der Waals surface area contributed by atoms with Crippen LogP contribution in [0.2, 0.25) is 0 Å². The second-order valence-electron chi connectivity index (χ2n) is 5.39. The Kier molecular flexibility index (Phi) is 3.50. The van der Waals surface area contributed by atoms with Crippen LogP contribution in [-0.4, -0.2) is 31.1 Å². The first kappa shape index (κ1) is 11.7. The molecule has 0 bridgehead atoms. The lowest BCUT2D eigenvalue weighted by Crippen LogP contribution is -2.47. The Morgan fingerprint density at radius 2 is 2.12 bits per heavy atom. The van der Waals surface area contributed by atoms with Gasteiger partial charge in [0.25, 0.3) is 0 Å². The predicted molar refractivity (Wildman–Crippen MR) is 73.6 cm³/mol. The fourth-order valence-electron chi connectivity index (χ4n) is 3.08. The quantitative estimate of drug-likeness (QED) is 0.887. The second kappa shape index (κ2) is 5.09. The van der Waals surface area contributed by atoms with Gasteiger partial charge in [0.15, 0.2) is 0 Å². The van der Waals surface area contributed by atoms with Crippen LogP contribution in [0, 0.1) is 12.8 Å². The van der Waals surface area contributed by atoms with Gasteiger partial charge in [-0.1, -0.05) is 6.42 Å². The summed E-state index contributed by atoms with van der Waals surface area (Å²) in [6, 6.07) is 3.00. The van der Waals surface area contributed by atoms with Crippen molar-refractivity contribution in [1.82, 2.24) is 10.2 Å². The predicted octanol–water partition coefficient (Wildman–Crippen LogP) is 2.80. The third kappa shape index (κ3) is 2.28. The van der Waals surface area contributed by atoms with E-state index in [9.17, 15) is 0 Å². The second-order valence-corrected chi connectivity index (χ2v) is 6.34. The highest BCUT2D eigenvalue weighted by Gasteiger charge is 2.34. The van der Waals surface area contributed by atoms with Crippen LogP contribution in [-0.2, 0) is 0 Å². The maximum Gasteiger partial charge on any atom is 0.0473 e. The smallest absolute Gasteiger partial charge is 0.0473 e. The van der Waals surface area contributed by atoms with Crippen LogP contribution >= 0.6 is 11.3 Å². The highest BCUT2D eigenvalue weighted by Crippen LogP contribution is 2.44. The Hall–Kier alpha value is -0.380. The number of hydrogen-bond donors (Lipinski definition) is 1. The average Bonchev–Trinajstić information content (AvgIpc) is 2.71. The molecular formula is C14H22N2S. The van der Waals surface area contributed by atoms with Gasteiger partial charge in [-0.25, -0.2) is 0 Å². The number of piperazine rings is 1. The van der Waals surface area contributed by atoms with Gasteiger partial charge >= 0.3 is 0 Å². The van der Waals surface area contributed by atoms with Gasteiger partial charge in [-0.15, -0.1) is 11.3 Å². The van der Waals surface area contributed by atoms with E-state index in [1.807, 2.05) is 11.3 Å². The molecule has 1 saturated heterocycles. The molecule has 1 aliphatic carbocycles. The molecule has 1 aromatic heterocycles. The van der Waals surface area contributed by atoms with E-state index >= 15 is 0 Å². The van der Waals surface area contributed by atoms with Gasteiger partial charge < -0.3 is 5.32 Å². The molecule has 1 N–H and O–H groups in total. The summed E-state index contributed by atoms with van der Waals surface area (Å²) in [6.07, 6.45) is 4.32. The Morgan fingerprint density at radius 3 is 2.65 bits per heavy atom. The molecular weight excluding hydrogens is 228 g/mol. The van der Waals surface area contributed by atoms with Crippen molar-refractivity contribution in [1.29, 1.82) is 0 Å². The molecule has 0 radical (unpaired) electrons. The molecule has 2 nitrogen and oxygen atoms in total. The normalized spacial score (nSPS) is 24.5. The Balaban J connectivity index is 1.83. The summed E-state index contributed by atoms with van der Waals surface area (Å²) in [4.78, 5) is 4.36. The first-order valence-electron chi connectivity index (χ1n) is 6.85. The molecule has 2 fully saturated rings. The van der Waals surface area contributed by atoms with Gasteiger partial charge in [-0.2, -0.15) is 0 Å². The standard InChI is InChI=1S/C14H22N2S/c1-11-5-10-17-14(11)13(12-3-2-4-12)16-8-6-15-7-9-16/h5,10,12-13,15H,2-4,6-9H2,1H3/t13-/m1/s1. The Morgan fingerprint density at radius 1 is 1.35 bits per heavy atom. The molecule has 3 heteroatoms. The minimum atomic E-state index is 0.714. The summed E-state index contributed by atoms with van der Waals surface area (Å²) < 4.78 is 0. The van der Waals surface area contributed by atoms with E-state index < -0.39 is 0 Å². The number of hydrogen-bond acceptors (Lipinski definition) is 3. The van der Waals surface area contributed by atoms with Crippen molar-refractivity contribution in [3.05, 3.63) is 21.9 Å². The monoisotopic (exact) mass is 250 g/mol. The zero-order valence-electron chi connectivity index (χ0n) is 10.6. The van der Waals surface area contributed by atoms with E-state index in [-0.39, 0.29) is 0 Å². The Labute approximate surface area is 108 Å². The van der Waals surface area contributed by atoms with E-state index in [0.29, 0.717) is 6.04 Å². The summed E-state index contributed by atoms with van der Waals surface area (Å²) in [5, 5.41) is 5.73. The van der Waals surface area contributed by atoms with Crippen LogP contribution in [0.1, 0.15) is 35.7 Å². The van der Waals surface area contributed by atoms with Crippen molar-refractivity contribution in [3.63, 3.8) is 0 Å². The summed E-state index contributed by atoms with van der Waals surface area (Å²) in [5.41, 5.74) is 1.51. The summed E-state index contributed by atoms with van der Waals surface area (Å²) >= 11 is 1.97. The maximum absolute atomic E-state index is 3.47. The largest absolute Gasteiger partial charge is 0.314 e. The molecule has 2 heterocycles. The number of thiophene rings is 1. The molecule has 94 valence electrons. The van der Waals surface area contributed by atoms with Crippen LogP contribution in [0.5, 0.6) is 0 Å². The van der Waals surface area contributed by atoms with Crippen molar-refractivity contribution < 1.29 is 0 Å². The summed E-state index contributed by atoms with van der Waals surface area (Å²) in [5.74, 6) is 0.922. The van der Waals surface area contributed by atoms with Crippen molar-refractivity contribution in [2.45, 2.75) is 32.2 Å². The fraction of sp³-hybridized carbons (Fsp3) is 0.714. The van der Waals surface area contributed by atoms with Crippen molar-refractivity contribution in [2.24, 2.45) is 5.92 Å². The number of nitrogens with zero attached hydrogens (tertiary/aromatic N) is 1. The van der Waals surface area contributed by atoms with Crippen LogP contribution in [0.3, 0.4) is 0 Å². The zero-order valence-corrected chi connectivity index (χ0v) is 11.4. The topological polar surface area (TPSA) is 15.3 Å². The van der Waals surface area contributed by atoms with Gasteiger partial charge in [0.2, 0.25) is 0 Å². The van der Waals surface area contributed by atoms with E-state index in [0.717, 1.165) is 19.0 Å². The van der Waals surface area contributed by atoms with E-state index in [1.165, 1.54) is 37.9 Å². The first-order valence-corrected chi connectivity index (χ1v) is 7.73.